The Labute approximate surface area is 207 Å². The van der Waals surface area contributed by atoms with Crippen LogP contribution in [0.2, 0.25) is 0 Å². The largest absolute Gasteiger partial charge is 0.496 e. The molecule has 0 aromatic heterocycles. The van der Waals surface area contributed by atoms with Crippen LogP contribution in [-0.4, -0.2) is 43.0 Å². The Kier molecular flexibility index (Phi) is 9.15. The molecule has 35 heavy (non-hydrogen) atoms. The molecule has 7 nitrogen and oxygen atoms in total. The normalized spacial score (nSPS) is 16.8. The lowest BCUT2D eigenvalue weighted by Gasteiger charge is -2.35. The van der Waals surface area contributed by atoms with Crippen LogP contribution in [0.15, 0.2) is 30.3 Å². The number of fused-ring (bicyclic) bond motifs is 1. The third-order valence-corrected chi connectivity index (χ3v) is 6.20. The average Bonchev–Trinajstić information content (AvgIpc) is 2.84. The van der Waals surface area contributed by atoms with Crippen molar-refractivity contribution in [3.8, 4) is 17.2 Å². The number of para-hydroxylation sites is 1. The fourth-order valence-electron chi connectivity index (χ4n) is 4.48. The molecule has 1 atom stereocenters. The van der Waals surface area contributed by atoms with Gasteiger partial charge in [0.1, 0.15) is 17.2 Å². The maximum Gasteiger partial charge on any atom is 0.377 e. The zero-order valence-corrected chi connectivity index (χ0v) is 21.1. The number of hydrogen-bond acceptors (Lipinski definition) is 6. The van der Waals surface area contributed by atoms with E-state index in [-0.39, 0.29) is 18.8 Å². The van der Waals surface area contributed by atoms with Gasteiger partial charge in [-0.05, 0) is 49.4 Å². The molecule has 0 fully saturated rings. The number of Topliss-reactive ketones (excluding diaryl/α,β-unsaturated/α-hetero) is 1. The van der Waals surface area contributed by atoms with E-state index in [0.717, 1.165) is 36.0 Å². The van der Waals surface area contributed by atoms with E-state index in [9.17, 15) is 14.7 Å². The predicted octanol–water partition coefficient (Wildman–Crippen LogP) is 5.39. The molecule has 0 spiro atoms. The van der Waals surface area contributed by atoms with E-state index in [0.29, 0.717) is 48.7 Å². The summed E-state index contributed by atoms with van der Waals surface area (Å²) in [6.45, 7) is 6.14. The first-order valence-corrected chi connectivity index (χ1v) is 12.4. The molecule has 0 radical (unpaired) electrons. The van der Waals surface area contributed by atoms with Crippen molar-refractivity contribution in [2.24, 2.45) is 0 Å². The van der Waals surface area contributed by atoms with Crippen LogP contribution >= 0.6 is 0 Å². The van der Waals surface area contributed by atoms with Gasteiger partial charge in [-0.25, -0.2) is 4.79 Å². The molecule has 0 saturated heterocycles. The number of hydrogen-bond donors (Lipinski definition) is 1. The smallest absolute Gasteiger partial charge is 0.377 e. The lowest BCUT2D eigenvalue weighted by Crippen LogP contribution is -2.50. The molecule has 1 unspecified atom stereocenters. The second kappa shape index (κ2) is 12.1. The summed E-state index contributed by atoms with van der Waals surface area (Å²) in [4.78, 5) is 24.2. The number of aliphatic carboxylic acids is 1. The second-order valence-corrected chi connectivity index (χ2v) is 8.80. The number of ketones is 1. The molecular weight excluding hydrogens is 448 g/mol. The van der Waals surface area contributed by atoms with Gasteiger partial charge in [-0.3, -0.25) is 4.79 Å². The standard InChI is InChI=1S/C28H36O7/c1-5-9-20-11-7-12-21-15-16-28(27(30)31,35-25(20)21)34-18-8-17-33-24-14-13-22(19(3)29)26(32-4)23(24)10-6-2/h7,11-14H,5-6,8-10,15-18H2,1-4H3,(H,30,31). The zero-order chi connectivity index (χ0) is 25.4. The summed E-state index contributed by atoms with van der Waals surface area (Å²) < 4.78 is 23.4. The third kappa shape index (κ3) is 5.96. The highest BCUT2D eigenvalue weighted by atomic mass is 16.7. The average molecular weight is 485 g/mol. The van der Waals surface area contributed by atoms with Crippen LogP contribution < -0.4 is 14.2 Å². The van der Waals surface area contributed by atoms with E-state index in [1.54, 1.807) is 19.2 Å². The Morgan fingerprint density at radius 3 is 2.51 bits per heavy atom. The van der Waals surface area contributed by atoms with Crippen molar-refractivity contribution in [3.05, 3.63) is 52.6 Å². The van der Waals surface area contributed by atoms with Crippen molar-refractivity contribution < 1.29 is 33.6 Å². The molecule has 3 rings (SSSR count). The summed E-state index contributed by atoms with van der Waals surface area (Å²) in [7, 11) is 1.55. The molecule has 7 heteroatoms. The number of methoxy groups -OCH3 is 1. The van der Waals surface area contributed by atoms with Gasteiger partial charge in [0, 0.05) is 18.4 Å². The molecule has 1 heterocycles. The van der Waals surface area contributed by atoms with Gasteiger partial charge in [-0.15, -0.1) is 0 Å². The Bertz CT molecular complexity index is 1050. The first kappa shape index (κ1) is 26.5. The molecular formula is C28H36O7. The highest BCUT2D eigenvalue weighted by molar-refractivity contribution is 5.97. The Balaban J connectivity index is 1.65. The minimum atomic E-state index is -1.70. The monoisotopic (exact) mass is 484 g/mol. The summed E-state index contributed by atoms with van der Waals surface area (Å²) >= 11 is 0. The van der Waals surface area contributed by atoms with Gasteiger partial charge < -0.3 is 24.1 Å². The van der Waals surface area contributed by atoms with Crippen LogP contribution in [0.1, 0.15) is 73.5 Å². The van der Waals surface area contributed by atoms with E-state index < -0.39 is 11.8 Å². The van der Waals surface area contributed by atoms with Gasteiger partial charge >= 0.3 is 11.8 Å². The molecule has 2 aromatic carbocycles. The molecule has 2 aromatic rings. The van der Waals surface area contributed by atoms with Crippen molar-refractivity contribution in [2.75, 3.05) is 20.3 Å². The van der Waals surface area contributed by atoms with Gasteiger partial charge in [0.25, 0.3) is 0 Å². The molecule has 0 bridgehead atoms. The third-order valence-electron chi connectivity index (χ3n) is 6.20. The first-order valence-electron chi connectivity index (χ1n) is 12.4. The van der Waals surface area contributed by atoms with Gasteiger partial charge in [0.15, 0.2) is 5.78 Å². The fraction of sp³-hybridized carbons (Fsp3) is 0.500. The summed E-state index contributed by atoms with van der Waals surface area (Å²) in [6.07, 6.45) is 4.65. The van der Waals surface area contributed by atoms with E-state index in [2.05, 4.69) is 13.8 Å². The van der Waals surface area contributed by atoms with Crippen molar-refractivity contribution >= 4 is 11.8 Å². The number of carbonyl (C=O) groups is 2. The lowest BCUT2D eigenvalue weighted by molar-refractivity contribution is -0.218. The lowest BCUT2D eigenvalue weighted by atomic mass is 9.95. The highest BCUT2D eigenvalue weighted by Crippen LogP contribution is 2.38. The van der Waals surface area contributed by atoms with Crippen LogP contribution in [0.25, 0.3) is 0 Å². The highest BCUT2D eigenvalue weighted by Gasteiger charge is 2.46. The summed E-state index contributed by atoms with van der Waals surface area (Å²) in [5.41, 5.74) is 3.42. The number of aryl methyl sites for hydroxylation is 2. The number of benzene rings is 2. The van der Waals surface area contributed by atoms with Crippen molar-refractivity contribution in [1.29, 1.82) is 0 Å². The molecule has 0 aliphatic carbocycles. The van der Waals surface area contributed by atoms with Gasteiger partial charge in [-0.2, -0.15) is 0 Å². The molecule has 1 aliphatic heterocycles. The van der Waals surface area contributed by atoms with E-state index in [4.69, 9.17) is 18.9 Å². The Hall–Kier alpha value is -3.06. The van der Waals surface area contributed by atoms with E-state index >= 15 is 0 Å². The SMILES string of the molecule is CCCc1cccc2c1OC(OCCCOc1ccc(C(C)=O)c(OC)c1CCC)(C(=O)O)CC2. The second-order valence-electron chi connectivity index (χ2n) is 8.80. The number of carboxylic acids is 1. The summed E-state index contributed by atoms with van der Waals surface area (Å²) in [5.74, 6) is -1.03. The minimum absolute atomic E-state index is 0.0609. The molecule has 190 valence electrons. The Morgan fingerprint density at radius 2 is 1.86 bits per heavy atom. The van der Waals surface area contributed by atoms with Crippen LogP contribution in [0.3, 0.4) is 0 Å². The van der Waals surface area contributed by atoms with Gasteiger partial charge in [0.05, 0.1) is 25.9 Å². The fourth-order valence-corrected chi connectivity index (χ4v) is 4.48. The van der Waals surface area contributed by atoms with Crippen LogP contribution in [0.4, 0.5) is 0 Å². The zero-order valence-electron chi connectivity index (χ0n) is 21.1. The number of rotatable bonds is 13. The van der Waals surface area contributed by atoms with Crippen molar-refractivity contribution in [1.82, 2.24) is 0 Å². The van der Waals surface area contributed by atoms with Gasteiger partial charge in [0.2, 0.25) is 0 Å². The number of carboxylic acid groups (broad SMARTS) is 1. The topological polar surface area (TPSA) is 91.3 Å². The first-order chi connectivity index (χ1) is 16.9. The Morgan fingerprint density at radius 1 is 1.09 bits per heavy atom. The summed E-state index contributed by atoms with van der Waals surface area (Å²) in [5, 5.41) is 9.97. The molecule has 0 saturated carbocycles. The van der Waals surface area contributed by atoms with Crippen LogP contribution in [0.5, 0.6) is 17.2 Å². The number of carbonyl (C=O) groups excluding carboxylic acids is 1. The quantitative estimate of drug-likeness (QED) is 0.301. The maximum atomic E-state index is 12.2. The van der Waals surface area contributed by atoms with Crippen LogP contribution in [0, 0.1) is 0 Å². The summed E-state index contributed by atoms with van der Waals surface area (Å²) in [6, 6.07) is 9.46. The van der Waals surface area contributed by atoms with Crippen molar-refractivity contribution in [2.45, 2.75) is 71.5 Å². The van der Waals surface area contributed by atoms with Crippen LogP contribution in [-0.2, 0) is 28.8 Å². The van der Waals surface area contributed by atoms with E-state index in [1.165, 1.54) is 6.92 Å². The predicted molar refractivity (Wildman–Crippen MR) is 133 cm³/mol. The van der Waals surface area contributed by atoms with Crippen molar-refractivity contribution in [3.63, 3.8) is 0 Å². The minimum Gasteiger partial charge on any atom is -0.496 e. The van der Waals surface area contributed by atoms with Gasteiger partial charge in [-0.1, -0.05) is 44.9 Å². The maximum absolute atomic E-state index is 12.2. The number of ether oxygens (including phenoxy) is 4. The van der Waals surface area contributed by atoms with E-state index in [1.807, 2.05) is 18.2 Å². The molecule has 1 aliphatic rings. The molecule has 1 N–H and O–H groups in total. The molecule has 0 amide bonds.